The monoisotopic (exact) mass is 364 g/mol. The summed E-state index contributed by atoms with van der Waals surface area (Å²) in [5.74, 6) is 1.05. The van der Waals surface area contributed by atoms with Gasteiger partial charge in [-0.3, -0.25) is 4.79 Å². The predicted molar refractivity (Wildman–Crippen MR) is 108 cm³/mol. The zero-order valence-corrected chi connectivity index (χ0v) is 16.1. The van der Waals surface area contributed by atoms with Crippen molar-refractivity contribution in [1.82, 2.24) is 4.90 Å². The fourth-order valence-electron chi connectivity index (χ4n) is 4.38. The van der Waals surface area contributed by atoms with Crippen molar-refractivity contribution in [3.8, 4) is 5.75 Å². The molecule has 2 aliphatic rings. The van der Waals surface area contributed by atoms with Crippen LogP contribution in [0.2, 0.25) is 0 Å². The van der Waals surface area contributed by atoms with Crippen LogP contribution in [0.5, 0.6) is 5.75 Å². The molecule has 0 spiro atoms. The van der Waals surface area contributed by atoms with Crippen molar-refractivity contribution < 1.29 is 9.90 Å². The molecule has 2 N–H and O–H groups in total. The first-order valence-corrected chi connectivity index (χ1v) is 10.1. The molecule has 1 amide bonds. The van der Waals surface area contributed by atoms with E-state index in [1.54, 1.807) is 6.07 Å². The van der Waals surface area contributed by atoms with Crippen molar-refractivity contribution in [2.45, 2.75) is 57.5 Å². The van der Waals surface area contributed by atoms with Crippen LogP contribution < -0.4 is 5.32 Å². The number of benzene rings is 2. The Morgan fingerprint density at radius 2 is 2.11 bits per heavy atom. The molecule has 2 aliphatic heterocycles. The van der Waals surface area contributed by atoms with Crippen molar-refractivity contribution in [3.05, 3.63) is 59.2 Å². The summed E-state index contributed by atoms with van der Waals surface area (Å²) >= 11 is 0. The summed E-state index contributed by atoms with van der Waals surface area (Å²) < 4.78 is 0. The van der Waals surface area contributed by atoms with Gasteiger partial charge in [0.25, 0.3) is 0 Å². The standard InChI is InChI=1S/C23H28N2O2/c1-3-15(2)16-9-10-20-19(13-16)22(25-11-5-8-23(25)27)14-21(24-20)17-6-4-7-18(26)12-17/h4,6-7,9-10,12-13,15,21-22,24,26H,3,5,8,11,14H2,1-2H3. The number of hydrogen-bond acceptors (Lipinski definition) is 3. The van der Waals surface area contributed by atoms with Gasteiger partial charge in [-0.05, 0) is 60.1 Å². The zero-order chi connectivity index (χ0) is 19.0. The smallest absolute Gasteiger partial charge is 0.223 e. The molecule has 0 aromatic heterocycles. The number of likely N-dealkylation sites (tertiary alicyclic amines) is 1. The molecule has 0 aliphatic carbocycles. The Labute approximate surface area is 161 Å². The van der Waals surface area contributed by atoms with E-state index in [-0.39, 0.29) is 23.7 Å². The molecule has 2 heterocycles. The third-order valence-electron chi connectivity index (χ3n) is 6.16. The molecule has 4 heteroatoms. The molecule has 1 saturated heterocycles. The predicted octanol–water partition coefficient (Wildman–Crippen LogP) is 5.13. The number of carbonyl (C=O) groups is 1. The van der Waals surface area contributed by atoms with Gasteiger partial charge in [0.2, 0.25) is 5.91 Å². The number of rotatable bonds is 4. The number of amides is 1. The van der Waals surface area contributed by atoms with Gasteiger partial charge in [-0.1, -0.05) is 38.1 Å². The SMILES string of the molecule is CCC(C)c1ccc2c(c1)C(N1CCCC1=O)CC(c1cccc(O)c1)N2. The maximum absolute atomic E-state index is 12.5. The maximum atomic E-state index is 12.5. The second-order valence-corrected chi connectivity index (χ2v) is 7.89. The van der Waals surface area contributed by atoms with Crippen LogP contribution in [-0.4, -0.2) is 22.5 Å². The van der Waals surface area contributed by atoms with Crippen LogP contribution >= 0.6 is 0 Å². The highest BCUT2D eigenvalue weighted by molar-refractivity contribution is 5.79. The summed E-state index contributed by atoms with van der Waals surface area (Å²) in [6.45, 7) is 5.30. The molecule has 142 valence electrons. The van der Waals surface area contributed by atoms with Gasteiger partial charge in [-0.25, -0.2) is 0 Å². The highest BCUT2D eigenvalue weighted by Gasteiger charge is 2.36. The van der Waals surface area contributed by atoms with E-state index in [1.165, 1.54) is 11.1 Å². The first-order chi connectivity index (χ1) is 13.1. The number of nitrogens with one attached hydrogen (secondary N) is 1. The van der Waals surface area contributed by atoms with Crippen LogP contribution in [-0.2, 0) is 4.79 Å². The highest BCUT2D eigenvalue weighted by Crippen LogP contribution is 2.44. The summed E-state index contributed by atoms with van der Waals surface area (Å²) in [5, 5.41) is 13.5. The Morgan fingerprint density at radius 3 is 2.81 bits per heavy atom. The fourth-order valence-corrected chi connectivity index (χ4v) is 4.38. The van der Waals surface area contributed by atoms with Gasteiger partial charge in [0.1, 0.15) is 5.75 Å². The van der Waals surface area contributed by atoms with E-state index < -0.39 is 0 Å². The van der Waals surface area contributed by atoms with Gasteiger partial charge in [-0.2, -0.15) is 0 Å². The number of nitrogens with zero attached hydrogens (tertiary/aromatic N) is 1. The fraction of sp³-hybridized carbons (Fsp3) is 0.435. The first-order valence-electron chi connectivity index (χ1n) is 10.1. The van der Waals surface area contributed by atoms with Crippen molar-refractivity contribution in [2.24, 2.45) is 0 Å². The summed E-state index contributed by atoms with van der Waals surface area (Å²) in [4.78, 5) is 14.6. The van der Waals surface area contributed by atoms with E-state index in [0.29, 0.717) is 12.3 Å². The van der Waals surface area contributed by atoms with E-state index in [0.717, 1.165) is 37.1 Å². The lowest BCUT2D eigenvalue weighted by Gasteiger charge is -2.39. The Kier molecular flexibility index (Phi) is 4.81. The van der Waals surface area contributed by atoms with Gasteiger partial charge in [0, 0.05) is 18.7 Å². The molecule has 0 bridgehead atoms. The van der Waals surface area contributed by atoms with E-state index >= 15 is 0 Å². The molecule has 2 aromatic carbocycles. The maximum Gasteiger partial charge on any atom is 0.223 e. The van der Waals surface area contributed by atoms with Gasteiger partial charge < -0.3 is 15.3 Å². The average molecular weight is 364 g/mol. The van der Waals surface area contributed by atoms with Gasteiger partial charge >= 0.3 is 0 Å². The Bertz CT molecular complexity index is 848. The summed E-state index contributed by atoms with van der Waals surface area (Å²) in [7, 11) is 0. The number of phenolic OH excluding ortho intramolecular Hbond substituents is 1. The van der Waals surface area contributed by atoms with E-state index in [1.807, 2.05) is 18.2 Å². The van der Waals surface area contributed by atoms with Crippen LogP contribution in [0.4, 0.5) is 5.69 Å². The van der Waals surface area contributed by atoms with Crippen molar-refractivity contribution >= 4 is 11.6 Å². The van der Waals surface area contributed by atoms with Crippen LogP contribution in [0.3, 0.4) is 0 Å². The molecule has 4 rings (SSSR count). The molecular weight excluding hydrogens is 336 g/mol. The summed E-state index contributed by atoms with van der Waals surface area (Å²) in [6.07, 6.45) is 3.53. The number of fused-ring (bicyclic) bond motifs is 1. The summed E-state index contributed by atoms with van der Waals surface area (Å²) in [5.41, 5.74) is 4.74. The Balaban J connectivity index is 1.74. The summed E-state index contributed by atoms with van der Waals surface area (Å²) in [6, 6.07) is 14.3. The molecule has 4 nitrogen and oxygen atoms in total. The second-order valence-electron chi connectivity index (χ2n) is 7.89. The Hall–Kier alpha value is -2.49. The lowest BCUT2D eigenvalue weighted by Crippen LogP contribution is -2.35. The number of aromatic hydroxyl groups is 1. The Morgan fingerprint density at radius 1 is 1.26 bits per heavy atom. The van der Waals surface area contributed by atoms with Crippen LogP contribution in [0.1, 0.15) is 74.2 Å². The third-order valence-corrected chi connectivity index (χ3v) is 6.16. The van der Waals surface area contributed by atoms with Gasteiger partial charge in [-0.15, -0.1) is 0 Å². The van der Waals surface area contributed by atoms with Gasteiger partial charge in [0.15, 0.2) is 0 Å². The molecule has 3 atom stereocenters. The zero-order valence-electron chi connectivity index (χ0n) is 16.1. The average Bonchev–Trinajstić information content (AvgIpc) is 3.11. The highest BCUT2D eigenvalue weighted by atomic mass is 16.3. The largest absolute Gasteiger partial charge is 0.508 e. The molecule has 3 unspecified atom stereocenters. The van der Waals surface area contributed by atoms with E-state index in [4.69, 9.17) is 0 Å². The number of anilines is 1. The van der Waals surface area contributed by atoms with E-state index in [2.05, 4.69) is 42.3 Å². The molecule has 0 radical (unpaired) electrons. The van der Waals surface area contributed by atoms with E-state index in [9.17, 15) is 9.90 Å². The number of hydrogen-bond donors (Lipinski definition) is 2. The van der Waals surface area contributed by atoms with Crippen LogP contribution in [0.25, 0.3) is 0 Å². The van der Waals surface area contributed by atoms with Crippen LogP contribution in [0, 0.1) is 0 Å². The van der Waals surface area contributed by atoms with Crippen LogP contribution in [0.15, 0.2) is 42.5 Å². The number of carbonyl (C=O) groups excluding carboxylic acids is 1. The lowest BCUT2D eigenvalue weighted by atomic mass is 9.85. The van der Waals surface area contributed by atoms with Crippen molar-refractivity contribution in [1.29, 1.82) is 0 Å². The van der Waals surface area contributed by atoms with Crippen molar-refractivity contribution in [2.75, 3.05) is 11.9 Å². The molecular formula is C23H28N2O2. The van der Waals surface area contributed by atoms with Crippen molar-refractivity contribution in [3.63, 3.8) is 0 Å². The third kappa shape index (κ3) is 3.41. The molecule has 27 heavy (non-hydrogen) atoms. The molecule has 2 aromatic rings. The van der Waals surface area contributed by atoms with Gasteiger partial charge in [0.05, 0.1) is 12.1 Å². The second kappa shape index (κ2) is 7.26. The molecule has 0 saturated carbocycles. The first kappa shape index (κ1) is 17.9. The minimum absolute atomic E-state index is 0.0810. The quantitative estimate of drug-likeness (QED) is 0.791. The topological polar surface area (TPSA) is 52.6 Å². The lowest BCUT2D eigenvalue weighted by molar-refractivity contribution is -0.130. The normalized spacial score (nSPS) is 23.0. The number of phenols is 1. The molecule has 1 fully saturated rings. The minimum Gasteiger partial charge on any atom is -0.508 e. The minimum atomic E-state index is 0.0810.